The normalized spacial score (nSPS) is 12.0. The van der Waals surface area contributed by atoms with Crippen LogP contribution in [-0.2, 0) is 19.8 Å². The largest absolute Gasteiger partial charge is 0.335 e. The van der Waals surface area contributed by atoms with Crippen molar-refractivity contribution in [1.82, 2.24) is 0 Å². The lowest BCUT2D eigenvalue weighted by atomic mass is 10.1. The quantitative estimate of drug-likeness (QED) is 0.440. The van der Waals surface area contributed by atoms with Crippen LogP contribution in [0.5, 0.6) is 0 Å². The third-order valence-electron chi connectivity index (χ3n) is 3.55. The van der Waals surface area contributed by atoms with E-state index in [1.165, 1.54) is 11.1 Å². The summed E-state index contributed by atoms with van der Waals surface area (Å²) in [5.41, 5.74) is 4.47. The maximum Gasteiger partial charge on any atom is 0.335 e. The zero-order valence-electron chi connectivity index (χ0n) is 14.6. The minimum Gasteiger partial charge on any atom is -0.309 e. The molecular formula is C20H25O3P. The third-order valence-corrected chi connectivity index (χ3v) is 5.61. The van der Waals surface area contributed by atoms with Crippen LogP contribution >= 0.6 is 7.60 Å². The van der Waals surface area contributed by atoms with Gasteiger partial charge >= 0.3 is 7.60 Å². The molecule has 0 radical (unpaired) electrons. The molecule has 2 rings (SSSR count). The van der Waals surface area contributed by atoms with Gasteiger partial charge in [0, 0.05) is 0 Å². The third kappa shape index (κ3) is 5.76. The summed E-state index contributed by atoms with van der Waals surface area (Å²) in [6.07, 6.45) is 4.45. The molecule has 2 aromatic carbocycles. The number of benzene rings is 2. The second kappa shape index (κ2) is 8.98. The molecule has 0 amide bonds. The molecule has 0 fully saturated rings. The second-order valence-corrected chi connectivity index (χ2v) is 7.64. The minimum absolute atomic E-state index is 0.302. The van der Waals surface area contributed by atoms with Gasteiger partial charge in [-0.15, -0.1) is 0 Å². The molecule has 0 heterocycles. The van der Waals surface area contributed by atoms with Crippen LogP contribution in [0.4, 0.5) is 0 Å². The fourth-order valence-corrected chi connectivity index (χ4v) is 4.05. The van der Waals surface area contributed by atoms with E-state index in [1.54, 1.807) is 0 Å². The fraction of sp³-hybridized carbons (Fsp3) is 0.300. The smallest absolute Gasteiger partial charge is 0.309 e. The number of hydrogen-bond donors (Lipinski definition) is 0. The van der Waals surface area contributed by atoms with Gasteiger partial charge in [0.15, 0.2) is 0 Å². The number of hydrogen-bond acceptors (Lipinski definition) is 3. The summed E-state index contributed by atoms with van der Waals surface area (Å²) in [7, 11) is -3.04. The molecule has 0 saturated heterocycles. The van der Waals surface area contributed by atoms with E-state index in [0.29, 0.717) is 19.4 Å². The monoisotopic (exact) mass is 344 g/mol. The van der Waals surface area contributed by atoms with Crippen LogP contribution in [0.25, 0.3) is 12.2 Å². The molecule has 0 unspecified atom stereocenters. The summed E-state index contributed by atoms with van der Waals surface area (Å²) in [5.74, 6) is 0. The molecule has 0 aliphatic carbocycles. The SMILES string of the molecule is CCOP(=O)(Cc1ccc(C=Cc2ccc(C)cc2)cc1)OCC. The molecule has 0 saturated carbocycles. The molecule has 0 spiro atoms. The van der Waals surface area contributed by atoms with Gasteiger partial charge < -0.3 is 9.05 Å². The Hall–Kier alpha value is -1.67. The van der Waals surface area contributed by atoms with E-state index in [9.17, 15) is 4.57 Å². The van der Waals surface area contributed by atoms with Crippen molar-refractivity contribution >= 4 is 19.7 Å². The van der Waals surface area contributed by atoms with E-state index in [0.717, 1.165) is 11.1 Å². The molecule has 24 heavy (non-hydrogen) atoms. The molecule has 0 aliphatic heterocycles. The molecular weight excluding hydrogens is 319 g/mol. The first-order chi connectivity index (χ1) is 11.5. The van der Waals surface area contributed by atoms with Crippen molar-refractivity contribution in [1.29, 1.82) is 0 Å². The fourth-order valence-electron chi connectivity index (χ4n) is 2.35. The molecule has 0 atom stereocenters. The number of rotatable bonds is 8. The highest BCUT2D eigenvalue weighted by Gasteiger charge is 2.23. The van der Waals surface area contributed by atoms with Crippen LogP contribution in [0.3, 0.4) is 0 Å². The van der Waals surface area contributed by atoms with Crippen LogP contribution in [0.1, 0.15) is 36.1 Å². The van der Waals surface area contributed by atoms with Gasteiger partial charge in [-0.25, -0.2) is 0 Å². The summed E-state index contributed by atoms with van der Waals surface area (Å²) >= 11 is 0. The first-order valence-electron chi connectivity index (χ1n) is 8.26. The van der Waals surface area contributed by atoms with Crippen molar-refractivity contribution in [2.24, 2.45) is 0 Å². The van der Waals surface area contributed by atoms with Gasteiger partial charge in [-0.2, -0.15) is 0 Å². The van der Waals surface area contributed by atoms with Gasteiger partial charge in [0.1, 0.15) is 0 Å². The first-order valence-corrected chi connectivity index (χ1v) is 9.99. The van der Waals surface area contributed by atoms with Crippen molar-refractivity contribution in [3.63, 3.8) is 0 Å². The van der Waals surface area contributed by atoms with E-state index in [4.69, 9.17) is 9.05 Å². The van der Waals surface area contributed by atoms with Gasteiger partial charge in [-0.05, 0) is 37.5 Å². The Morgan fingerprint density at radius 2 is 1.29 bits per heavy atom. The Kier molecular flexibility index (Phi) is 6.99. The van der Waals surface area contributed by atoms with Crippen molar-refractivity contribution in [3.05, 3.63) is 70.8 Å². The molecule has 0 N–H and O–H groups in total. The van der Waals surface area contributed by atoms with Gasteiger partial charge in [-0.3, -0.25) is 4.57 Å². The Bertz CT molecular complexity index is 693. The lowest BCUT2D eigenvalue weighted by Gasteiger charge is -2.16. The lowest BCUT2D eigenvalue weighted by Crippen LogP contribution is -1.99. The van der Waals surface area contributed by atoms with Crippen LogP contribution in [0.15, 0.2) is 48.5 Å². The van der Waals surface area contributed by atoms with Crippen LogP contribution in [0, 0.1) is 6.92 Å². The predicted molar refractivity (Wildman–Crippen MR) is 101 cm³/mol. The molecule has 2 aromatic rings. The van der Waals surface area contributed by atoms with Crippen molar-refractivity contribution < 1.29 is 13.6 Å². The van der Waals surface area contributed by atoms with Gasteiger partial charge in [-0.1, -0.05) is 66.2 Å². The molecule has 0 aromatic heterocycles. The van der Waals surface area contributed by atoms with E-state index in [1.807, 2.05) is 38.1 Å². The van der Waals surface area contributed by atoms with Crippen molar-refractivity contribution in [2.75, 3.05) is 13.2 Å². The first kappa shape index (κ1) is 18.7. The van der Waals surface area contributed by atoms with E-state index in [-0.39, 0.29) is 0 Å². The molecule has 3 nitrogen and oxygen atoms in total. The molecule has 4 heteroatoms. The summed E-state index contributed by atoms with van der Waals surface area (Å²) in [6, 6.07) is 16.4. The van der Waals surface area contributed by atoms with Crippen LogP contribution in [0.2, 0.25) is 0 Å². The molecule has 0 bridgehead atoms. The van der Waals surface area contributed by atoms with E-state index in [2.05, 4.69) is 43.3 Å². The Balaban J connectivity index is 2.04. The zero-order chi connectivity index (χ0) is 17.4. The van der Waals surface area contributed by atoms with E-state index >= 15 is 0 Å². The highest BCUT2D eigenvalue weighted by molar-refractivity contribution is 7.53. The van der Waals surface area contributed by atoms with Gasteiger partial charge in [0.05, 0.1) is 19.4 Å². The standard InChI is InChI=1S/C20H25O3P/c1-4-22-24(21,23-5-2)16-20-14-12-19(13-15-20)11-10-18-8-6-17(3)7-9-18/h6-15H,4-5,16H2,1-3H3. The summed E-state index contributed by atoms with van der Waals surface area (Å²) in [4.78, 5) is 0. The molecule has 0 aliphatic rings. The Morgan fingerprint density at radius 3 is 1.75 bits per heavy atom. The summed E-state index contributed by atoms with van der Waals surface area (Å²) < 4.78 is 23.2. The zero-order valence-corrected chi connectivity index (χ0v) is 15.5. The Morgan fingerprint density at radius 1 is 0.833 bits per heavy atom. The van der Waals surface area contributed by atoms with Crippen molar-refractivity contribution in [3.8, 4) is 0 Å². The average molecular weight is 344 g/mol. The number of aryl methyl sites for hydroxylation is 1. The maximum atomic E-state index is 12.5. The average Bonchev–Trinajstić information content (AvgIpc) is 2.56. The highest BCUT2D eigenvalue weighted by atomic mass is 31.2. The maximum absolute atomic E-state index is 12.5. The van der Waals surface area contributed by atoms with Gasteiger partial charge in [0.2, 0.25) is 0 Å². The predicted octanol–water partition coefficient (Wildman–Crippen LogP) is 5.93. The highest BCUT2D eigenvalue weighted by Crippen LogP contribution is 2.51. The van der Waals surface area contributed by atoms with Gasteiger partial charge in [0.25, 0.3) is 0 Å². The topological polar surface area (TPSA) is 35.5 Å². The Labute approximate surface area is 144 Å². The van der Waals surface area contributed by atoms with Crippen LogP contribution in [-0.4, -0.2) is 13.2 Å². The second-order valence-electron chi connectivity index (χ2n) is 5.59. The summed E-state index contributed by atoms with van der Waals surface area (Å²) in [6.45, 7) is 6.49. The van der Waals surface area contributed by atoms with Crippen molar-refractivity contribution in [2.45, 2.75) is 26.9 Å². The van der Waals surface area contributed by atoms with E-state index < -0.39 is 7.60 Å². The molecule has 128 valence electrons. The van der Waals surface area contributed by atoms with Crippen LogP contribution < -0.4 is 0 Å². The lowest BCUT2D eigenvalue weighted by molar-refractivity contribution is 0.219. The minimum atomic E-state index is -3.04. The summed E-state index contributed by atoms with van der Waals surface area (Å²) in [5, 5.41) is 0.